The normalized spacial score (nSPS) is 27.6. The quantitative estimate of drug-likeness (QED) is 0.574. The standard InChI is InChI=1S/C7H16O2Si/c1-7(2)5-6-10(7,8-3)9-4/h5-6H2,1-4H3. The zero-order valence-electron chi connectivity index (χ0n) is 7.23. The van der Waals surface area contributed by atoms with Crippen molar-refractivity contribution in [3.8, 4) is 0 Å². The number of rotatable bonds is 2. The summed E-state index contributed by atoms with van der Waals surface area (Å²) in [6, 6.07) is 1.16. The van der Waals surface area contributed by atoms with Crippen LogP contribution in [0.2, 0.25) is 11.1 Å². The molecule has 10 heavy (non-hydrogen) atoms. The maximum atomic E-state index is 5.45. The molecule has 0 aromatic heterocycles. The van der Waals surface area contributed by atoms with Crippen LogP contribution in [0.25, 0.3) is 0 Å². The van der Waals surface area contributed by atoms with Crippen LogP contribution in [-0.2, 0) is 8.85 Å². The maximum absolute atomic E-state index is 5.45. The third-order valence-corrected chi connectivity index (χ3v) is 7.31. The average Bonchev–Trinajstić information content (AvgIpc) is 1.89. The van der Waals surface area contributed by atoms with Gasteiger partial charge in [0, 0.05) is 19.3 Å². The summed E-state index contributed by atoms with van der Waals surface area (Å²) >= 11 is 0. The Bertz CT molecular complexity index is 124. The first-order valence-corrected chi connectivity index (χ1v) is 5.71. The Morgan fingerprint density at radius 2 is 1.70 bits per heavy atom. The van der Waals surface area contributed by atoms with Gasteiger partial charge in [0.05, 0.1) is 0 Å². The molecule has 1 aliphatic heterocycles. The van der Waals surface area contributed by atoms with Gasteiger partial charge in [-0.3, -0.25) is 0 Å². The highest BCUT2D eigenvalue weighted by Crippen LogP contribution is 2.55. The molecule has 1 saturated heterocycles. The van der Waals surface area contributed by atoms with Gasteiger partial charge in [0.15, 0.2) is 0 Å². The maximum Gasteiger partial charge on any atom is 0.343 e. The molecule has 0 unspecified atom stereocenters. The first-order valence-electron chi connectivity index (χ1n) is 3.68. The van der Waals surface area contributed by atoms with Crippen LogP contribution in [0.4, 0.5) is 0 Å². The van der Waals surface area contributed by atoms with Crippen molar-refractivity contribution in [2.24, 2.45) is 0 Å². The SMILES string of the molecule is CO[Si]1(OC)CCC1(C)C. The molecule has 0 aromatic rings. The first kappa shape index (κ1) is 8.24. The van der Waals surface area contributed by atoms with Crippen molar-refractivity contribution in [3.63, 3.8) is 0 Å². The average molecular weight is 160 g/mol. The topological polar surface area (TPSA) is 18.5 Å². The minimum absolute atomic E-state index is 0.330. The van der Waals surface area contributed by atoms with Crippen molar-refractivity contribution in [2.45, 2.75) is 31.4 Å². The Morgan fingerprint density at radius 3 is 1.70 bits per heavy atom. The minimum Gasteiger partial charge on any atom is -0.397 e. The lowest BCUT2D eigenvalue weighted by Gasteiger charge is -2.50. The van der Waals surface area contributed by atoms with Crippen LogP contribution >= 0.6 is 0 Å². The van der Waals surface area contributed by atoms with Gasteiger partial charge >= 0.3 is 8.56 Å². The summed E-state index contributed by atoms with van der Waals surface area (Å²) in [5, 5.41) is 0.330. The minimum atomic E-state index is -1.72. The Hall–Kier alpha value is 0.137. The van der Waals surface area contributed by atoms with Crippen LogP contribution in [0.5, 0.6) is 0 Å². The second-order valence-electron chi connectivity index (χ2n) is 3.55. The second kappa shape index (κ2) is 2.32. The lowest BCUT2D eigenvalue weighted by atomic mass is 10.1. The third-order valence-electron chi connectivity index (χ3n) is 2.77. The Morgan fingerprint density at radius 1 is 1.20 bits per heavy atom. The zero-order chi connectivity index (χ0) is 7.83. The summed E-state index contributed by atoms with van der Waals surface area (Å²) in [6.45, 7) is 4.46. The lowest BCUT2D eigenvalue weighted by molar-refractivity contribution is 0.176. The van der Waals surface area contributed by atoms with Gasteiger partial charge in [-0.2, -0.15) is 0 Å². The van der Waals surface area contributed by atoms with Crippen molar-refractivity contribution in [1.82, 2.24) is 0 Å². The molecule has 0 spiro atoms. The Labute approximate surface area is 63.8 Å². The molecular formula is C7H16O2Si. The van der Waals surface area contributed by atoms with E-state index in [1.54, 1.807) is 14.2 Å². The van der Waals surface area contributed by atoms with Crippen LogP contribution in [0.1, 0.15) is 20.3 Å². The van der Waals surface area contributed by atoms with Gasteiger partial charge in [-0.05, 0) is 12.5 Å². The summed E-state index contributed by atoms with van der Waals surface area (Å²) in [7, 11) is 1.83. The van der Waals surface area contributed by atoms with Crippen LogP contribution < -0.4 is 0 Å². The molecule has 0 radical (unpaired) electrons. The number of hydrogen-bond donors (Lipinski definition) is 0. The van der Waals surface area contributed by atoms with Gasteiger partial charge in [-0.25, -0.2) is 0 Å². The van der Waals surface area contributed by atoms with Gasteiger partial charge in [0.2, 0.25) is 0 Å². The molecule has 0 bridgehead atoms. The van der Waals surface area contributed by atoms with Crippen molar-refractivity contribution >= 4 is 8.56 Å². The van der Waals surface area contributed by atoms with E-state index >= 15 is 0 Å². The van der Waals surface area contributed by atoms with E-state index in [1.165, 1.54) is 6.42 Å². The predicted molar refractivity (Wildman–Crippen MR) is 43.2 cm³/mol. The molecule has 0 saturated carbocycles. The fourth-order valence-electron chi connectivity index (χ4n) is 1.67. The summed E-state index contributed by atoms with van der Waals surface area (Å²) in [6.07, 6.45) is 1.25. The number of hydrogen-bond acceptors (Lipinski definition) is 2. The Kier molecular flexibility index (Phi) is 1.91. The molecule has 0 amide bonds. The summed E-state index contributed by atoms with van der Waals surface area (Å²) < 4.78 is 10.9. The molecule has 2 nitrogen and oxygen atoms in total. The smallest absolute Gasteiger partial charge is 0.343 e. The molecule has 3 heteroatoms. The van der Waals surface area contributed by atoms with Gasteiger partial charge in [0.25, 0.3) is 0 Å². The van der Waals surface area contributed by atoms with Gasteiger partial charge in [-0.15, -0.1) is 0 Å². The molecule has 60 valence electrons. The predicted octanol–water partition coefficient (Wildman–Crippen LogP) is 1.91. The Balaban J connectivity index is 2.67. The highest BCUT2D eigenvalue weighted by molar-refractivity contribution is 6.73. The van der Waals surface area contributed by atoms with E-state index in [2.05, 4.69) is 13.8 Å². The van der Waals surface area contributed by atoms with Crippen molar-refractivity contribution in [3.05, 3.63) is 0 Å². The molecular weight excluding hydrogens is 144 g/mol. The van der Waals surface area contributed by atoms with Gasteiger partial charge < -0.3 is 8.85 Å². The third kappa shape index (κ3) is 0.846. The molecule has 0 atom stereocenters. The zero-order valence-corrected chi connectivity index (χ0v) is 8.23. The summed E-state index contributed by atoms with van der Waals surface area (Å²) in [4.78, 5) is 0. The van der Waals surface area contributed by atoms with Gasteiger partial charge in [-0.1, -0.05) is 13.8 Å². The molecule has 1 fully saturated rings. The van der Waals surface area contributed by atoms with Crippen LogP contribution in [0.3, 0.4) is 0 Å². The lowest BCUT2D eigenvalue weighted by Crippen LogP contribution is -2.57. The van der Waals surface area contributed by atoms with Crippen molar-refractivity contribution in [1.29, 1.82) is 0 Å². The highest BCUT2D eigenvalue weighted by atomic mass is 28.4. The van der Waals surface area contributed by atoms with Gasteiger partial charge in [0.1, 0.15) is 0 Å². The van der Waals surface area contributed by atoms with E-state index < -0.39 is 8.56 Å². The second-order valence-corrected chi connectivity index (χ2v) is 7.72. The summed E-state index contributed by atoms with van der Waals surface area (Å²) in [5.74, 6) is 0. The largest absolute Gasteiger partial charge is 0.397 e. The monoisotopic (exact) mass is 160 g/mol. The molecule has 0 aromatic carbocycles. The van der Waals surface area contributed by atoms with Crippen LogP contribution in [0, 0.1) is 0 Å². The first-order chi connectivity index (χ1) is 4.58. The van der Waals surface area contributed by atoms with E-state index in [0.717, 1.165) is 6.04 Å². The molecule has 0 N–H and O–H groups in total. The fourth-order valence-corrected chi connectivity index (χ4v) is 5.01. The molecule has 1 rings (SSSR count). The van der Waals surface area contributed by atoms with E-state index in [-0.39, 0.29) is 0 Å². The molecule has 1 heterocycles. The van der Waals surface area contributed by atoms with E-state index in [1.807, 2.05) is 0 Å². The van der Waals surface area contributed by atoms with Crippen molar-refractivity contribution in [2.75, 3.05) is 14.2 Å². The molecule has 0 aliphatic carbocycles. The summed E-state index contributed by atoms with van der Waals surface area (Å²) in [5.41, 5.74) is 0. The van der Waals surface area contributed by atoms with E-state index in [9.17, 15) is 0 Å². The van der Waals surface area contributed by atoms with Crippen molar-refractivity contribution < 1.29 is 8.85 Å². The highest BCUT2D eigenvalue weighted by Gasteiger charge is 2.58. The molecule has 1 aliphatic rings. The van der Waals surface area contributed by atoms with E-state index in [4.69, 9.17) is 8.85 Å². The van der Waals surface area contributed by atoms with Crippen LogP contribution in [-0.4, -0.2) is 22.8 Å². The van der Waals surface area contributed by atoms with Crippen LogP contribution in [0.15, 0.2) is 0 Å². The van der Waals surface area contributed by atoms with E-state index in [0.29, 0.717) is 5.04 Å². The fraction of sp³-hybridized carbons (Fsp3) is 1.00.